The maximum atomic E-state index is 10.9. The van der Waals surface area contributed by atoms with Crippen molar-refractivity contribution in [2.45, 2.75) is 0 Å². The van der Waals surface area contributed by atoms with Gasteiger partial charge in [0, 0.05) is 12.4 Å². The number of thiophene rings is 1. The van der Waals surface area contributed by atoms with Gasteiger partial charge in [-0.1, -0.05) is 11.6 Å². The quantitative estimate of drug-likeness (QED) is 0.781. The zero-order chi connectivity index (χ0) is 12.7. The fraction of sp³-hybridized carbons (Fsp3) is 0. The van der Waals surface area contributed by atoms with Crippen LogP contribution in [-0.4, -0.2) is 20.5 Å². The summed E-state index contributed by atoms with van der Waals surface area (Å²) in [5, 5.41) is 8.92. The predicted molar refractivity (Wildman–Crippen MR) is 70.5 cm³/mol. The molecule has 0 aliphatic carbocycles. The number of carboxylic acid groups (broad SMARTS) is 1. The number of aromatic carboxylic acids is 1. The fourth-order valence-corrected chi connectivity index (χ4v) is 2.68. The third-order valence-electron chi connectivity index (χ3n) is 2.53. The molecule has 18 heavy (non-hydrogen) atoms. The van der Waals surface area contributed by atoms with Crippen LogP contribution in [0.2, 0.25) is 4.34 Å². The van der Waals surface area contributed by atoms with Crippen LogP contribution >= 0.6 is 22.9 Å². The van der Waals surface area contributed by atoms with Gasteiger partial charge in [0.2, 0.25) is 0 Å². The molecule has 3 aromatic rings. The Labute approximate surface area is 111 Å². The smallest absolute Gasteiger partial charge is 0.335 e. The number of imidazole rings is 1. The average Bonchev–Trinajstić information content (AvgIpc) is 2.93. The Hall–Kier alpha value is -1.85. The van der Waals surface area contributed by atoms with Gasteiger partial charge in [-0.15, -0.1) is 11.3 Å². The molecular weight excluding hydrogens is 272 g/mol. The lowest BCUT2D eigenvalue weighted by Gasteiger charge is -1.94. The van der Waals surface area contributed by atoms with Gasteiger partial charge in [0.05, 0.1) is 20.5 Å². The molecule has 0 aliphatic heterocycles. The number of carbonyl (C=O) groups is 1. The Morgan fingerprint density at radius 2 is 2.22 bits per heavy atom. The SMILES string of the molecule is O=C(O)c1ccn2cc(-c3ccc(Cl)s3)nc2c1. The normalized spacial score (nSPS) is 10.9. The monoisotopic (exact) mass is 278 g/mol. The van der Waals surface area contributed by atoms with Crippen LogP contribution in [0, 0.1) is 0 Å². The van der Waals surface area contributed by atoms with Gasteiger partial charge >= 0.3 is 5.97 Å². The summed E-state index contributed by atoms with van der Waals surface area (Å²) in [5.41, 5.74) is 1.62. The molecule has 4 nitrogen and oxygen atoms in total. The first kappa shape index (κ1) is 11.3. The Bertz CT molecular complexity index is 747. The van der Waals surface area contributed by atoms with Crippen molar-refractivity contribution in [3.63, 3.8) is 0 Å². The van der Waals surface area contributed by atoms with Gasteiger partial charge in [0.1, 0.15) is 5.65 Å². The van der Waals surface area contributed by atoms with Gasteiger partial charge in [0.15, 0.2) is 0 Å². The molecule has 3 rings (SSSR count). The first-order chi connectivity index (χ1) is 8.63. The second-order valence-corrected chi connectivity index (χ2v) is 5.43. The van der Waals surface area contributed by atoms with Crippen molar-refractivity contribution in [1.29, 1.82) is 0 Å². The molecule has 0 atom stereocenters. The van der Waals surface area contributed by atoms with Crippen molar-refractivity contribution < 1.29 is 9.90 Å². The van der Waals surface area contributed by atoms with Crippen molar-refractivity contribution in [2.24, 2.45) is 0 Å². The zero-order valence-electron chi connectivity index (χ0n) is 9.00. The van der Waals surface area contributed by atoms with E-state index < -0.39 is 5.97 Å². The molecule has 0 aromatic carbocycles. The van der Waals surface area contributed by atoms with Crippen LogP contribution in [0.4, 0.5) is 0 Å². The van der Waals surface area contributed by atoms with E-state index in [2.05, 4.69) is 4.98 Å². The Balaban J connectivity index is 2.13. The van der Waals surface area contributed by atoms with Crippen molar-refractivity contribution in [1.82, 2.24) is 9.38 Å². The number of hydrogen-bond donors (Lipinski definition) is 1. The number of rotatable bonds is 2. The molecule has 0 amide bonds. The predicted octanol–water partition coefficient (Wildman–Crippen LogP) is 3.41. The fourth-order valence-electron chi connectivity index (χ4n) is 1.69. The van der Waals surface area contributed by atoms with Crippen LogP contribution in [0.3, 0.4) is 0 Å². The second kappa shape index (κ2) is 4.12. The molecule has 0 fully saturated rings. The van der Waals surface area contributed by atoms with Crippen LogP contribution < -0.4 is 0 Å². The van der Waals surface area contributed by atoms with E-state index in [0.29, 0.717) is 9.98 Å². The summed E-state index contributed by atoms with van der Waals surface area (Å²) >= 11 is 7.32. The maximum Gasteiger partial charge on any atom is 0.335 e. The second-order valence-electron chi connectivity index (χ2n) is 3.72. The van der Waals surface area contributed by atoms with Crippen LogP contribution in [0.25, 0.3) is 16.2 Å². The largest absolute Gasteiger partial charge is 0.478 e. The zero-order valence-corrected chi connectivity index (χ0v) is 10.6. The standard InChI is InChI=1S/C12H7ClN2O2S/c13-10-2-1-9(18-10)8-6-15-4-3-7(12(16)17)5-11(15)14-8/h1-6H,(H,16,17). The van der Waals surface area contributed by atoms with Gasteiger partial charge in [-0.3, -0.25) is 0 Å². The van der Waals surface area contributed by atoms with Gasteiger partial charge in [-0.05, 0) is 24.3 Å². The average molecular weight is 279 g/mol. The van der Waals surface area contributed by atoms with Crippen LogP contribution in [0.5, 0.6) is 0 Å². The molecule has 3 aromatic heterocycles. The number of pyridine rings is 1. The highest BCUT2D eigenvalue weighted by atomic mass is 35.5. The van der Waals surface area contributed by atoms with E-state index in [-0.39, 0.29) is 5.56 Å². The van der Waals surface area contributed by atoms with Crippen molar-refractivity contribution in [3.8, 4) is 10.6 Å². The minimum Gasteiger partial charge on any atom is -0.478 e. The highest BCUT2D eigenvalue weighted by Gasteiger charge is 2.09. The minimum absolute atomic E-state index is 0.226. The summed E-state index contributed by atoms with van der Waals surface area (Å²) in [6, 6.07) is 6.80. The third kappa shape index (κ3) is 1.87. The van der Waals surface area contributed by atoms with Crippen LogP contribution in [0.15, 0.2) is 36.7 Å². The van der Waals surface area contributed by atoms with E-state index >= 15 is 0 Å². The van der Waals surface area contributed by atoms with Crippen LogP contribution in [-0.2, 0) is 0 Å². The van der Waals surface area contributed by atoms with E-state index in [9.17, 15) is 4.79 Å². The molecule has 0 saturated heterocycles. The molecule has 0 saturated carbocycles. The first-order valence-electron chi connectivity index (χ1n) is 5.11. The van der Waals surface area contributed by atoms with Crippen molar-refractivity contribution in [2.75, 3.05) is 0 Å². The summed E-state index contributed by atoms with van der Waals surface area (Å²) in [5.74, 6) is -0.957. The lowest BCUT2D eigenvalue weighted by molar-refractivity contribution is 0.0697. The highest BCUT2D eigenvalue weighted by molar-refractivity contribution is 7.19. The van der Waals surface area contributed by atoms with E-state index in [1.54, 1.807) is 22.7 Å². The number of halogens is 1. The molecule has 1 N–H and O–H groups in total. The molecule has 0 radical (unpaired) electrons. The maximum absolute atomic E-state index is 10.9. The molecule has 0 spiro atoms. The van der Waals surface area contributed by atoms with Gasteiger partial charge in [-0.25, -0.2) is 9.78 Å². The molecule has 6 heteroatoms. The topological polar surface area (TPSA) is 54.6 Å². The number of fused-ring (bicyclic) bond motifs is 1. The van der Waals surface area contributed by atoms with Gasteiger partial charge in [-0.2, -0.15) is 0 Å². The summed E-state index contributed by atoms with van der Waals surface area (Å²) in [7, 11) is 0. The van der Waals surface area contributed by atoms with Crippen molar-refractivity contribution >= 4 is 34.6 Å². The lowest BCUT2D eigenvalue weighted by Crippen LogP contribution is -1.96. The number of nitrogens with zero attached hydrogens (tertiary/aromatic N) is 2. The summed E-state index contributed by atoms with van der Waals surface area (Å²) in [4.78, 5) is 16.2. The number of carboxylic acids is 1. The third-order valence-corrected chi connectivity index (χ3v) is 3.79. The highest BCUT2D eigenvalue weighted by Crippen LogP contribution is 2.30. The summed E-state index contributed by atoms with van der Waals surface area (Å²) < 4.78 is 2.49. The van der Waals surface area contributed by atoms with Gasteiger partial charge in [0.25, 0.3) is 0 Å². The van der Waals surface area contributed by atoms with E-state index in [1.165, 1.54) is 11.3 Å². The van der Waals surface area contributed by atoms with Crippen molar-refractivity contribution in [3.05, 3.63) is 46.6 Å². The first-order valence-corrected chi connectivity index (χ1v) is 6.31. The van der Waals surface area contributed by atoms with E-state index in [0.717, 1.165) is 10.6 Å². The molecule has 0 unspecified atom stereocenters. The molecular formula is C12H7ClN2O2S. The summed E-state index contributed by atoms with van der Waals surface area (Å²) in [6.07, 6.45) is 3.54. The number of hydrogen-bond acceptors (Lipinski definition) is 3. The van der Waals surface area contributed by atoms with Gasteiger partial charge < -0.3 is 9.51 Å². The lowest BCUT2D eigenvalue weighted by atomic mass is 10.3. The Kier molecular flexibility index (Phi) is 2.57. The molecule has 90 valence electrons. The van der Waals surface area contributed by atoms with Crippen LogP contribution in [0.1, 0.15) is 10.4 Å². The van der Waals surface area contributed by atoms with E-state index in [4.69, 9.17) is 16.7 Å². The molecule has 0 bridgehead atoms. The molecule has 0 aliphatic rings. The molecule has 3 heterocycles. The van der Waals surface area contributed by atoms with E-state index in [1.807, 2.05) is 18.3 Å². The number of aromatic nitrogens is 2. The Morgan fingerprint density at radius 3 is 2.89 bits per heavy atom. The minimum atomic E-state index is -0.957. The Morgan fingerprint density at radius 1 is 1.39 bits per heavy atom. The summed E-state index contributed by atoms with van der Waals surface area (Å²) in [6.45, 7) is 0.